The lowest BCUT2D eigenvalue weighted by Crippen LogP contribution is -2.24. The quantitative estimate of drug-likeness (QED) is 0.847. The lowest BCUT2D eigenvalue weighted by molar-refractivity contribution is 0.398. The molecule has 5 nitrogen and oxygen atoms in total. The number of halogens is 1. The van der Waals surface area contributed by atoms with Gasteiger partial charge >= 0.3 is 0 Å². The molecule has 0 fully saturated rings. The van der Waals surface area contributed by atoms with Crippen molar-refractivity contribution >= 4 is 21.6 Å². The van der Waals surface area contributed by atoms with Crippen LogP contribution < -0.4 is 14.2 Å². The molecule has 0 saturated heterocycles. The van der Waals surface area contributed by atoms with Crippen molar-refractivity contribution in [2.24, 2.45) is 0 Å². The predicted octanol–water partition coefficient (Wildman–Crippen LogP) is 3.45. The molecule has 0 atom stereocenters. The average Bonchev–Trinajstić information content (AvgIpc) is 2.55. The summed E-state index contributed by atoms with van der Waals surface area (Å²) in [4.78, 5) is 0.214. The average molecular weight is 370 g/mol. The first-order valence-corrected chi connectivity index (χ1v) is 9.12. The van der Waals surface area contributed by atoms with Crippen LogP contribution in [0, 0.1) is 13.8 Å². The van der Waals surface area contributed by atoms with Crippen molar-refractivity contribution in [1.82, 2.24) is 4.72 Å². The van der Waals surface area contributed by atoms with Gasteiger partial charge < -0.3 is 9.47 Å². The fourth-order valence-corrected chi connectivity index (χ4v) is 3.85. The van der Waals surface area contributed by atoms with Gasteiger partial charge in [0.25, 0.3) is 0 Å². The molecular formula is C17H20ClNO4S. The molecule has 0 aliphatic carbocycles. The largest absolute Gasteiger partial charge is 0.497 e. The van der Waals surface area contributed by atoms with E-state index in [1.807, 2.05) is 0 Å². The second-order valence-corrected chi connectivity index (χ2v) is 7.51. The van der Waals surface area contributed by atoms with Crippen LogP contribution in [-0.2, 0) is 16.6 Å². The Bertz CT molecular complexity index is 850. The summed E-state index contributed by atoms with van der Waals surface area (Å²) in [5.41, 5.74) is 1.99. The maximum absolute atomic E-state index is 12.6. The highest BCUT2D eigenvalue weighted by Gasteiger charge is 2.19. The number of rotatable bonds is 6. The predicted molar refractivity (Wildman–Crippen MR) is 94.5 cm³/mol. The molecule has 130 valence electrons. The van der Waals surface area contributed by atoms with Crippen LogP contribution in [0.4, 0.5) is 0 Å². The van der Waals surface area contributed by atoms with Gasteiger partial charge in [0.2, 0.25) is 10.0 Å². The van der Waals surface area contributed by atoms with Crippen LogP contribution in [0.3, 0.4) is 0 Å². The lowest BCUT2D eigenvalue weighted by atomic mass is 10.2. The van der Waals surface area contributed by atoms with E-state index in [1.165, 1.54) is 7.11 Å². The highest BCUT2D eigenvalue weighted by molar-refractivity contribution is 7.89. The summed E-state index contributed by atoms with van der Waals surface area (Å²) in [7, 11) is -0.593. The van der Waals surface area contributed by atoms with Crippen molar-refractivity contribution in [2.75, 3.05) is 14.2 Å². The van der Waals surface area contributed by atoms with Gasteiger partial charge in [0.15, 0.2) is 0 Å². The van der Waals surface area contributed by atoms with Crippen LogP contribution in [0.5, 0.6) is 11.5 Å². The van der Waals surface area contributed by atoms with Gasteiger partial charge in [-0.15, -0.1) is 0 Å². The molecule has 0 saturated carbocycles. The number of ether oxygens (including phenoxy) is 2. The molecule has 0 heterocycles. The van der Waals surface area contributed by atoms with Crippen molar-refractivity contribution in [1.29, 1.82) is 0 Å². The number of hydrogen-bond acceptors (Lipinski definition) is 4. The summed E-state index contributed by atoms with van der Waals surface area (Å²) in [5.74, 6) is 1.21. The maximum atomic E-state index is 12.6. The van der Waals surface area contributed by atoms with E-state index >= 15 is 0 Å². The van der Waals surface area contributed by atoms with E-state index in [0.29, 0.717) is 33.2 Å². The molecule has 24 heavy (non-hydrogen) atoms. The highest BCUT2D eigenvalue weighted by atomic mass is 35.5. The SMILES string of the molecule is COc1ccc(OC)c(CNS(=O)(=O)c2cc(C)c(Cl)cc2C)c1. The van der Waals surface area contributed by atoms with E-state index in [0.717, 1.165) is 0 Å². The molecule has 2 aromatic carbocycles. The number of aryl methyl sites for hydroxylation is 2. The molecule has 1 N–H and O–H groups in total. The molecule has 0 aromatic heterocycles. The summed E-state index contributed by atoms with van der Waals surface area (Å²) >= 11 is 6.04. The number of benzene rings is 2. The van der Waals surface area contributed by atoms with Crippen LogP contribution >= 0.6 is 11.6 Å². The van der Waals surface area contributed by atoms with E-state index in [9.17, 15) is 8.42 Å². The van der Waals surface area contributed by atoms with Crippen molar-refractivity contribution in [3.8, 4) is 11.5 Å². The first kappa shape index (κ1) is 18.6. The fourth-order valence-electron chi connectivity index (χ4n) is 2.31. The Morgan fingerprint density at radius 1 is 1.04 bits per heavy atom. The minimum absolute atomic E-state index is 0.0871. The van der Waals surface area contributed by atoms with Gasteiger partial charge in [0, 0.05) is 17.1 Å². The Morgan fingerprint density at radius 3 is 2.38 bits per heavy atom. The molecule has 0 aliphatic heterocycles. The number of methoxy groups -OCH3 is 2. The van der Waals surface area contributed by atoms with E-state index in [-0.39, 0.29) is 11.4 Å². The molecule has 2 rings (SSSR count). The molecule has 0 unspecified atom stereocenters. The monoisotopic (exact) mass is 369 g/mol. The second-order valence-electron chi connectivity index (χ2n) is 5.37. The Morgan fingerprint density at radius 2 is 1.75 bits per heavy atom. The van der Waals surface area contributed by atoms with Crippen LogP contribution in [-0.4, -0.2) is 22.6 Å². The minimum Gasteiger partial charge on any atom is -0.497 e. The van der Waals surface area contributed by atoms with Gasteiger partial charge in [0.05, 0.1) is 19.1 Å². The third-order valence-electron chi connectivity index (χ3n) is 3.69. The van der Waals surface area contributed by atoms with E-state index in [2.05, 4.69) is 4.72 Å². The zero-order valence-corrected chi connectivity index (χ0v) is 15.6. The van der Waals surface area contributed by atoms with E-state index in [4.69, 9.17) is 21.1 Å². The Kier molecular flexibility index (Phi) is 5.74. The molecule has 0 spiro atoms. The van der Waals surface area contributed by atoms with Gasteiger partial charge in [-0.3, -0.25) is 0 Å². The third-order valence-corrected chi connectivity index (χ3v) is 5.64. The number of sulfonamides is 1. The summed E-state index contributed by atoms with van der Waals surface area (Å²) < 4.78 is 38.3. The first-order chi connectivity index (χ1) is 11.3. The highest BCUT2D eigenvalue weighted by Crippen LogP contribution is 2.26. The summed E-state index contributed by atoms with van der Waals surface area (Å²) in [5, 5.41) is 0.543. The standard InChI is InChI=1S/C17H20ClNO4S/c1-11-8-17(12(2)7-15(11)18)24(20,21)19-10-13-9-14(22-3)5-6-16(13)23-4/h5-9,19H,10H2,1-4H3. The Hall–Kier alpha value is -1.76. The van der Waals surface area contributed by atoms with Crippen molar-refractivity contribution in [2.45, 2.75) is 25.3 Å². The topological polar surface area (TPSA) is 64.6 Å². The molecule has 7 heteroatoms. The number of nitrogens with one attached hydrogen (secondary N) is 1. The molecule has 0 amide bonds. The first-order valence-electron chi connectivity index (χ1n) is 7.26. The molecule has 0 radical (unpaired) electrons. The van der Waals surface area contributed by atoms with Crippen LogP contribution in [0.15, 0.2) is 35.2 Å². The van der Waals surface area contributed by atoms with Gasteiger partial charge in [-0.25, -0.2) is 13.1 Å². The lowest BCUT2D eigenvalue weighted by Gasteiger charge is -2.13. The normalized spacial score (nSPS) is 11.4. The summed E-state index contributed by atoms with van der Waals surface area (Å²) in [6, 6.07) is 8.45. The molecule has 2 aromatic rings. The number of hydrogen-bond donors (Lipinski definition) is 1. The van der Waals surface area contributed by atoms with Gasteiger partial charge in [-0.2, -0.15) is 0 Å². The zero-order chi connectivity index (χ0) is 17.9. The Balaban J connectivity index is 2.30. The summed E-state index contributed by atoms with van der Waals surface area (Å²) in [6.45, 7) is 3.57. The van der Waals surface area contributed by atoms with E-state index in [1.54, 1.807) is 51.3 Å². The third kappa shape index (κ3) is 4.01. The minimum atomic E-state index is -3.68. The van der Waals surface area contributed by atoms with Crippen LogP contribution in [0.1, 0.15) is 16.7 Å². The molecular weight excluding hydrogens is 350 g/mol. The smallest absolute Gasteiger partial charge is 0.241 e. The second kappa shape index (κ2) is 7.42. The molecule has 0 aliphatic rings. The van der Waals surface area contributed by atoms with E-state index < -0.39 is 10.0 Å². The summed E-state index contributed by atoms with van der Waals surface area (Å²) in [6.07, 6.45) is 0. The van der Waals surface area contributed by atoms with Gasteiger partial charge in [0.1, 0.15) is 11.5 Å². The van der Waals surface area contributed by atoms with Crippen molar-refractivity contribution < 1.29 is 17.9 Å². The van der Waals surface area contributed by atoms with Crippen LogP contribution in [0.2, 0.25) is 5.02 Å². The van der Waals surface area contributed by atoms with Crippen molar-refractivity contribution in [3.63, 3.8) is 0 Å². The zero-order valence-electron chi connectivity index (χ0n) is 14.0. The maximum Gasteiger partial charge on any atom is 0.241 e. The van der Waals surface area contributed by atoms with Crippen LogP contribution in [0.25, 0.3) is 0 Å². The van der Waals surface area contributed by atoms with Crippen molar-refractivity contribution in [3.05, 3.63) is 52.0 Å². The fraction of sp³-hybridized carbons (Fsp3) is 0.294. The van der Waals surface area contributed by atoms with Gasteiger partial charge in [-0.05, 0) is 55.3 Å². The Labute approximate surface area is 147 Å². The molecule has 0 bridgehead atoms. The van der Waals surface area contributed by atoms with Gasteiger partial charge in [-0.1, -0.05) is 11.6 Å².